The number of rotatable bonds is 2. The monoisotopic (exact) mass is 355 g/mol. The largest absolute Gasteiger partial charge is 0.324 e. The van der Waals surface area contributed by atoms with Crippen LogP contribution in [0.25, 0.3) is 10.1 Å². The van der Waals surface area contributed by atoms with Crippen LogP contribution in [0.5, 0.6) is 0 Å². The van der Waals surface area contributed by atoms with Gasteiger partial charge in [-0.1, -0.05) is 29.8 Å². The van der Waals surface area contributed by atoms with Gasteiger partial charge in [0.2, 0.25) is 5.91 Å². The molecule has 6 heteroatoms. The number of benzene rings is 2. The van der Waals surface area contributed by atoms with Crippen LogP contribution in [0, 0.1) is 5.92 Å². The average Bonchev–Trinajstić information content (AvgIpc) is 2.98. The van der Waals surface area contributed by atoms with Gasteiger partial charge in [-0.05, 0) is 24.3 Å². The lowest BCUT2D eigenvalue weighted by Crippen LogP contribution is -2.40. The summed E-state index contributed by atoms with van der Waals surface area (Å²) in [5.74, 6) is -2.95. The summed E-state index contributed by atoms with van der Waals surface area (Å²) < 4.78 is 0.941. The Kier molecular flexibility index (Phi) is 3.48. The lowest BCUT2D eigenvalue weighted by molar-refractivity contribution is -0.117. The van der Waals surface area contributed by atoms with E-state index in [0.717, 1.165) is 10.1 Å². The number of hydrogen-bond donors (Lipinski definition) is 1. The number of halogens is 1. The molecule has 1 unspecified atom stereocenters. The van der Waals surface area contributed by atoms with E-state index in [1.807, 2.05) is 24.3 Å². The fourth-order valence-corrected chi connectivity index (χ4v) is 4.00. The quantitative estimate of drug-likeness (QED) is 0.553. The van der Waals surface area contributed by atoms with E-state index >= 15 is 0 Å². The molecule has 0 saturated carbocycles. The third kappa shape index (κ3) is 2.25. The highest BCUT2D eigenvalue weighted by atomic mass is 35.5. The minimum atomic E-state index is -1.36. The number of thiophene rings is 1. The number of carbonyl (C=O) groups excluding carboxylic acids is 3. The van der Waals surface area contributed by atoms with Gasteiger partial charge < -0.3 is 5.32 Å². The second kappa shape index (κ2) is 5.54. The van der Waals surface area contributed by atoms with Crippen molar-refractivity contribution in [1.29, 1.82) is 0 Å². The molecule has 3 aromatic rings. The highest BCUT2D eigenvalue weighted by Gasteiger charge is 2.40. The van der Waals surface area contributed by atoms with Crippen LogP contribution >= 0.6 is 22.9 Å². The molecular formula is C18H10ClNO3S. The van der Waals surface area contributed by atoms with Crippen LogP contribution in [0.2, 0.25) is 5.02 Å². The first-order valence-corrected chi connectivity index (χ1v) is 8.47. The molecule has 0 bridgehead atoms. The fourth-order valence-electron chi connectivity index (χ4n) is 2.88. The molecule has 1 aromatic heterocycles. The van der Waals surface area contributed by atoms with Crippen molar-refractivity contribution in [3.05, 3.63) is 64.0 Å². The summed E-state index contributed by atoms with van der Waals surface area (Å²) in [5, 5.41) is 5.48. The summed E-state index contributed by atoms with van der Waals surface area (Å²) in [6.45, 7) is 0. The van der Waals surface area contributed by atoms with E-state index in [2.05, 4.69) is 5.32 Å². The molecule has 0 spiro atoms. The predicted octanol–water partition coefficient (Wildman–Crippen LogP) is 4.19. The van der Waals surface area contributed by atoms with Crippen LogP contribution in [-0.4, -0.2) is 17.5 Å². The summed E-state index contributed by atoms with van der Waals surface area (Å²) in [6, 6.07) is 12.0. The zero-order valence-electron chi connectivity index (χ0n) is 12.2. The van der Waals surface area contributed by atoms with E-state index in [1.165, 1.54) is 23.5 Å². The number of hydrogen-bond acceptors (Lipinski definition) is 4. The molecule has 0 aliphatic carbocycles. The molecule has 1 aliphatic rings. The van der Waals surface area contributed by atoms with E-state index in [-0.39, 0.29) is 0 Å². The SMILES string of the molecule is O=C1Nc2cc(Cl)ccc2C(=O)C1C(=O)c1csc2ccccc12. The molecule has 1 atom stereocenters. The average molecular weight is 356 g/mol. The van der Waals surface area contributed by atoms with Crippen LogP contribution in [0.3, 0.4) is 0 Å². The summed E-state index contributed by atoms with van der Waals surface area (Å²) in [6.07, 6.45) is 0. The molecule has 118 valence electrons. The molecule has 4 nitrogen and oxygen atoms in total. The van der Waals surface area contributed by atoms with E-state index in [1.54, 1.807) is 11.4 Å². The zero-order chi connectivity index (χ0) is 16.8. The van der Waals surface area contributed by atoms with Crippen molar-refractivity contribution in [3.8, 4) is 0 Å². The molecule has 24 heavy (non-hydrogen) atoms. The minimum absolute atomic E-state index is 0.303. The number of fused-ring (bicyclic) bond motifs is 2. The Morgan fingerprint density at radius 1 is 1.12 bits per heavy atom. The molecule has 0 saturated heterocycles. The van der Waals surface area contributed by atoms with Crippen molar-refractivity contribution < 1.29 is 14.4 Å². The molecule has 0 fully saturated rings. The maximum atomic E-state index is 12.9. The van der Waals surface area contributed by atoms with Crippen LogP contribution in [0.4, 0.5) is 5.69 Å². The number of amides is 1. The summed E-state index contributed by atoms with van der Waals surface area (Å²) in [7, 11) is 0. The second-order valence-corrected chi connectivity index (χ2v) is 6.83. The van der Waals surface area contributed by atoms with Crippen molar-refractivity contribution in [2.24, 2.45) is 5.92 Å². The fraction of sp³-hybridized carbons (Fsp3) is 0.0556. The first-order valence-electron chi connectivity index (χ1n) is 7.21. The predicted molar refractivity (Wildman–Crippen MR) is 94.1 cm³/mol. The Morgan fingerprint density at radius 3 is 2.75 bits per heavy atom. The molecular weight excluding hydrogens is 346 g/mol. The summed E-state index contributed by atoms with van der Waals surface area (Å²) in [4.78, 5) is 37.9. The van der Waals surface area contributed by atoms with Gasteiger partial charge in [-0.15, -0.1) is 11.3 Å². The minimum Gasteiger partial charge on any atom is -0.324 e. The standard InChI is InChI=1S/C18H10ClNO3S/c19-9-5-6-11-13(7-9)20-18(23)15(16(11)21)17(22)12-8-24-14-4-2-1-3-10(12)14/h1-8,15H,(H,20,23). The molecule has 2 heterocycles. The lowest BCUT2D eigenvalue weighted by Gasteiger charge is -2.22. The molecule has 4 rings (SSSR count). The number of Topliss-reactive ketones (excluding diaryl/α,β-unsaturated/α-hetero) is 2. The van der Waals surface area contributed by atoms with Gasteiger partial charge in [0.1, 0.15) is 0 Å². The first-order chi connectivity index (χ1) is 11.6. The van der Waals surface area contributed by atoms with Crippen LogP contribution in [-0.2, 0) is 4.79 Å². The number of anilines is 1. The Bertz CT molecular complexity index is 1020. The first kappa shape index (κ1) is 15.1. The highest BCUT2D eigenvalue weighted by Crippen LogP contribution is 2.33. The molecule has 0 radical (unpaired) electrons. The topological polar surface area (TPSA) is 63.2 Å². The number of carbonyl (C=O) groups is 3. The van der Waals surface area contributed by atoms with Gasteiger partial charge >= 0.3 is 0 Å². The molecule has 1 amide bonds. The normalized spacial score (nSPS) is 16.8. The third-order valence-corrected chi connectivity index (χ3v) is 5.24. The Balaban J connectivity index is 1.79. The van der Waals surface area contributed by atoms with Crippen LogP contribution in [0.1, 0.15) is 20.7 Å². The molecule has 2 aromatic carbocycles. The number of nitrogens with one attached hydrogen (secondary N) is 1. The zero-order valence-corrected chi connectivity index (χ0v) is 13.8. The van der Waals surface area contributed by atoms with E-state index in [9.17, 15) is 14.4 Å². The molecule has 1 aliphatic heterocycles. The van der Waals surface area contributed by atoms with Crippen molar-refractivity contribution >= 4 is 56.2 Å². The Labute approximate surface area is 146 Å². The van der Waals surface area contributed by atoms with E-state index in [4.69, 9.17) is 11.6 Å². The lowest BCUT2D eigenvalue weighted by atomic mass is 9.86. The van der Waals surface area contributed by atoms with Crippen molar-refractivity contribution in [2.45, 2.75) is 0 Å². The van der Waals surface area contributed by atoms with Gasteiger partial charge in [-0.25, -0.2) is 0 Å². The Morgan fingerprint density at radius 2 is 1.92 bits per heavy atom. The highest BCUT2D eigenvalue weighted by molar-refractivity contribution is 7.17. The van der Waals surface area contributed by atoms with Crippen molar-refractivity contribution in [1.82, 2.24) is 0 Å². The maximum absolute atomic E-state index is 12.9. The van der Waals surface area contributed by atoms with E-state index < -0.39 is 23.4 Å². The third-order valence-electron chi connectivity index (χ3n) is 4.04. The van der Waals surface area contributed by atoms with Gasteiger partial charge in [-0.2, -0.15) is 0 Å². The smallest absolute Gasteiger partial charge is 0.243 e. The van der Waals surface area contributed by atoms with Crippen molar-refractivity contribution in [3.63, 3.8) is 0 Å². The number of ketones is 2. The van der Waals surface area contributed by atoms with E-state index in [0.29, 0.717) is 21.8 Å². The van der Waals surface area contributed by atoms with Gasteiger partial charge in [0.25, 0.3) is 0 Å². The Hall–Kier alpha value is -2.50. The second-order valence-electron chi connectivity index (χ2n) is 5.49. The van der Waals surface area contributed by atoms with Crippen LogP contribution in [0.15, 0.2) is 47.8 Å². The van der Waals surface area contributed by atoms with Gasteiger partial charge in [0, 0.05) is 31.6 Å². The van der Waals surface area contributed by atoms with Crippen LogP contribution < -0.4 is 5.32 Å². The van der Waals surface area contributed by atoms with Crippen molar-refractivity contribution in [2.75, 3.05) is 5.32 Å². The summed E-state index contributed by atoms with van der Waals surface area (Å²) >= 11 is 7.30. The van der Waals surface area contributed by atoms with Gasteiger partial charge in [0.15, 0.2) is 17.5 Å². The van der Waals surface area contributed by atoms with Gasteiger partial charge in [0.05, 0.1) is 5.69 Å². The maximum Gasteiger partial charge on any atom is 0.243 e. The van der Waals surface area contributed by atoms with Gasteiger partial charge in [-0.3, -0.25) is 14.4 Å². The summed E-state index contributed by atoms with van der Waals surface area (Å²) in [5.41, 5.74) is 1.05. The molecule has 1 N–H and O–H groups in total.